The molecule has 0 saturated heterocycles. The first-order chi connectivity index (χ1) is 12.1. The molecule has 1 aliphatic carbocycles. The molecular formula is C20H23NO4. The highest BCUT2D eigenvalue weighted by molar-refractivity contribution is 6.03. The first-order valence-corrected chi connectivity index (χ1v) is 8.62. The second-order valence-corrected chi connectivity index (χ2v) is 6.26. The molecule has 1 atom stereocenters. The Kier molecular flexibility index (Phi) is 4.93. The van der Waals surface area contributed by atoms with Crippen LogP contribution in [0.5, 0.6) is 5.75 Å². The van der Waals surface area contributed by atoms with E-state index < -0.39 is 5.92 Å². The highest BCUT2D eigenvalue weighted by Crippen LogP contribution is 2.43. The van der Waals surface area contributed by atoms with Gasteiger partial charge in [0.15, 0.2) is 5.78 Å². The molecule has 0 saturated carbocycles. The van der Waals surface area contributed by atoms with Crippen LogP contribution in [0.1, 0.15) is 44.6 Å². The number of carbonyl (C=O) groups is 2. The van der Waals surface area contributed by atoms with Crippen molar-refractivity contribution in [2.24, 2.45) is 0 Å². The van der Waals surface area contributed by atoms with Gasteiger partial charge in [0.25, 0.3) is 0 Å². The number of ketones is 1. The number of hydrogen-bond acceptors (Lipinski definition) is 5. The number of benzene rings is 1. The summed E-state index contributed by atoms with van der Waals surface area (Å²) in [7, 11) is 1.60. The van der Waals surface area contributed by atoms with Crippen LogP contribution in [0.2, 0.25) is 0 Å². The molecule has 0 unspecified atom stereocenters. The van der Waals surface area contributed by atoms with Gasteiger partial charge < -0.3 is 14.8 Å². The van der Waals surface area contributed by atoms with Gasteiger partial charge in [0.2, 0.25) is 0 Å². The van der Waals surface area contributed by atoms with E-state index in [0.29, 0.717) is 29.9 Å². The maximum atomic E-state index is 12.7. The van der Waals surface area contributed by atoms with Crippen LogP contribution in [0, 0.1) is 0 Å². The Bertz CT molecular complexity index is 776. The van der Waals surface area contributed by atoms with E-state index in [4.69, 9.17) is 9.47 Å². The average Bonchev–Trinajstić information content (AvgIpc) is 2.61. The molecule has 5 nitrogen and oxygen atoms in total. The monoisotopic (exact) mass is 341 g/mol. The Morgan fingerprint density at radius 1 is 1.32 bits per heavy atom. The summed E-state index contributed by atoms with van der Waals surface area (Å²) in [6.45, 7) is 3.93. The van der Waals surface area contributed by atoms with E-state index >= 15 is 0 Å². The SMILES string of the molecule is CCOC(=O)C1=C(C)NC2=C(C(=O)CCC2)[C@@H]1c1cccc(OC)c1. The van der Waals surface area contributed by atoms with Crippen LogP contribution in [0.4, 0.5) is 0 Å². The number of nitrogens with one attached hydrogen (secondary N) is 1. The van der Waals surface area contributed by atoms with Crippen molar-refractivity contribution in [1.82, 2.24) is 5.32 Å². The summed E-state index contributed by atoms with van der Waals surface area (Å²) in [5.74, 6) is -0.0124. The molecule has 0 radical (unpaired) electrons. The Hall–Kier alpha value is -2.56. The molecule has 132 valence electrons. The Morgan fingerprint density at radius 2 is 2.12 bits per heavy atom. The molecule has 0 spiro atoms. The van der Waals surface area contributed by atoms with Gasteiger partial charge >= 0.3 is 5.97 Å². The number of Topliss-reactive ketones (excluding diaryl/α,β-unsaturated/α-hetero) is 1. The first-order valence-electron chi connectivity index (χ1n) is 8.62. The third-order valence-corrected chi connectivity index (χ3v) is 4.70. The summed E-state index contributed by atoms with van der Waals surface area (Å²) in [5, 5.41) is 3.27. The van der Waals surface area contributed by atoms with E-state index in [1.165, 1.54) is 0 Å². The number of carbonyl (C=O) groups excluding carboxylic acids is 2. The second-order valence-electron chi connectivity index (χ2n) is 6.26. The average molecular weight is 341 g/mol. The molecule has 0 bridgehead atoms. The Morgan fingerprint density at radius 3 is 2.84 bits per heavy atom. The number of allylic oxidation sites excluding steroid dienone is 3. The zero-order valence-electron chi connectivity index (χ0n) is 14.8. The predicted octanol–water partition coefficient (Wildman–Crippen LogP) is 3.23. The summed E-state index contributed by atoms with van der Waals surface area (Å²) in [6.07, 6.45) is 2.16. The van der Waals surface area contributed by atoms with Gasteiger partial charge in [0.05, 0.1) is 19.3 Å². The van der Waals surface area contributed by atoms with Crippen molar-refractivity contribution in [1.29, 1.82) is 0 Å². The Labute approximate surface area is 147 Å². The van der Waals surface area contributed by atoms with Crippen LogP contribution < -0.4 is 10.1 Å². The van der Waals surface area contributed by atoms with Crippen molar-refractivity contribution in [2.45, 2.75) is 39.0 Å². The lowest BCUT2D eigenvalue weighted by Gasteiger charge is -2.34. The smallest absolute Gasteiger partial charge is 0.336 e. The van der Waals surface area contributed by atoms with Gasteiger partial charge in [-0.2, -0.15) is 0 Å². The van der Waals surface area contributed by atoms with Crippen molar-refractivity contribution in [3.63, 3.8) is 0 Å². The third kappa shape index (κ3) is 3.18. The van der Waals surface area contributed by atoms with Gasteiger partial charge in [-0.15, -0.1) is 0 Å². The second kappa shape index (κ2) is 7.13. The minimum absolute atomic E-state index is 0.0934. The van der Waals surface area contributed by atoms with Crippen molar-refractivity contribution in [2.75, 3.05) is 13.7 Å². The minimum Gasteiger partial charge on any atom is -0.497 e. The quantitative estimate of drug-likeness (QED) is 0.852. The summed E-state index contributed by atoms with van der Waals surface area (Å²) in [6, 6.07) is 7.54. The standard InChI is InChI=1S/C20H23NO4/c1-4-25-20(23)17-12(2)21-15-9-6-10-16(22)19(15)18(17)13-7-5-8-14(11-13)24-3/h5,7-8,11,18,21H,4,6,9-10H2,1-3H3/t18-/m1/s1. The fraction of sp³-hybridized carbons (Fsp3) is 0.400. The molecule has 1 aliphatic heterocycles. The lowest BCUT2D eigenvalue weighted by Crippen LogP contribution is -2.34. The summed E-state index contributed by atoms with van der Waals surface area (Å²) in [5.41, 5.74) is 3.73. The molecule has 0 fully saturated rings. The van der Waals surface area contributed by atoms with E-state index in [0.717, 1.165) is 29.8 Å². The number of hydrogen-bond donors (Lipinski definition) is 1. The third-order valence-electron chi connectivity index (χ3n) is 4.70. The lowest BCUT2D eigenvalue weighted by molar-refractivity contribution is -0.138. The molecule has 25 heavy (non-hydrogen) atoms. The van der Waals surface area contributed by atoms with E-state index in [1.807, 2.05) is 31.2 Å². The number of ether oxygens (including phenoxy) is 2. The molecule has 1 N–H and O–H groups in total. The summed E-state index contributed by atoms with van der Waals surface area (Å²) < 4.78 is 10.6. The molecule has 2 aliphatic rings. The molecule has 3 rings (SSSR count). The lowest BCUT2D eigenvalue weighted by atomic mass is 9.75. The minimum atomic E-state index is -0.418. The number of dihydropyridines is 1. The van der Waals surface area contributed by atoms with Crippen LogP contribution in [0.15, 0.2) is 46.8 Å². The summed E-state index contributed by atoms with van der Waals surface area (Å²) in [4.78, 5) is 25.3. The molecule has 0 aromatic heterocycles. The van der Waals surface area contributed by atoms with E-state index in [9.17, 15) is 9.59 Å². The molecule has 1 aromatic carbocycles. The van der Waals surface area contributed by atoms with Gasteiger partial charge in [-0.05, 0) is 44.4 Å². The van der Waals surface area contributed by atoms with Crippen LogP contribution in [0.3, 0.4) is 0 Å². The molecule has 5 heteroatoms. The van der Waals surface area contributed by atoms with Crippen molar-refractivity contribution in [3.05, 3.63) is 52.4 Å². The van der Waals surface area contributed by atoms with E-state index in [-0.39, 0.29) is 11.8 Å². The van der Waals surface area contributed by atoms with Crippen molar-refractivity contribution < 1.29 is 19.1 Å². The Balaban J connectivity index is 2.16. The first kappa shape index (κ1) is 17.3. The van der Waals surface area contributed by atoms with Gasteiger partial charge in [0.1, 0.15) is 5.75 Å². The number of esters is 1. The fourth-order valence-electron chi connectivity index (χ4n) is 3.62. The zero-order valence-corrected chi connectivity index (χ0v) is 14.8. The highest BCUT2D eigenvalue weighted by Gasteiger charge is 2.39. The van der Waals surface area contributed by atoms with Crippen LogP contribution in [-0.2, 0) is 14.3 Å². The van der Waals surface area contributed by atoms with Crippen molar-refractivity contribution >= 4 is 11.8 Å². The maximum absolute atomic E-state index is 12.7. The van der Waals surface area contributed by atoms with Crippen LogP contribution in [0.25, 0.3) is 0 Å². The highest BCUT2D eigenvalue weighted by atomic mass is 16.5. The fourth-order valence-corrected chi connectivity index (χ4v) is 3.62. The van der Waals surface area contributed by atoms with Gasteiger partial charge in [-0.1, -0.05) is 12.1 Å². The van der Waals surface area contributed by atoms with Crippen LogP contribution in [-0.4, -0.2) is 25.5 Å². The van der Waals surface area contributed by atoms with Gasteiger partial charge in [-0.3, -0.25) is 4.79 Å². The number of methoxy groups -OCH3 is 1. The molecule has 1 aromatic rings. The van der Waals surface area contributed by atoms with Crippen LogP contribution >= 0.6 is 0 Å². The molecule has 1 heterocycles. The van der Waals surface area contributed by atoms with E-state index in [1.54, 1.807) is 14.0 Å². The molecule has 0 amide bonds. The van der Waals surface area contributed by atoms with E-state index in [2.05, 4.69) is 5.32 Å². The largest absolute Gasteiger partial charge is 0.497 e. The normalized spacial score (nSPS) is 20.1. The number of rotatable bonds is 4. The molecular weight excluding hydrogens is 318 g/mol. The van der Waals surface area contributed by atoms with Crippen molar-refractivity contribution in [3.8, 4) is 5.75 Å². The maximum Gasteiger partial charge on any atom is 0.336 e. The van der Waals surface area contributed by atoms with Gasteiger partial charge in [0, 0.05) is 29.3 Å². The summed E-state index contributed by atoms with van der Waals surface area (Å²) >= 11 is 0. The van der Waals surface area contributed by atoms with Gasteiger partial charge in [-0.25, -0.2) is 4.79 Å². The predicted molar refractivity (Wildman–Crippen MR) is 94.1 cm³/mol. The topological polar surface area (TPSA) is 64.6 Å². The zero-order chi connectivity index (χ0) is 18.0.